The predicted molar refractivity (Wildman–Crippen MR) is 92.9 cm³/mol. The molecule has 0 aromatic heterocycles. The maximum Gasteiger partial charge on any atom is 0.217 e. The summed E-state index contributed by atoms with van der Waals surface area (Å²) in [6, 6.07) is 0. The number of amides is 1. The van der Waals surface area contributed by atoms with Crippen LogP contribution >= 0.6 is 0 Å². The Morgan fingerprint density at radius 2 is 1.22 bits per heavy atom. The van der Waals surface area contributed by atoms with Crippen molar-refractivity contribution in [2.75, 3.05) is 0 Å². The lowest BCUT2D eigenvalue weighted by Crippen LogP contribution is -2.37. The van der Waals surface area contributed by atoms with Crippen LogP contribution in [0.2, 0.25) is 0 Å². The van der Waals surface area contributed by atoms with Gasteiger partial charge in [0.1, 0.15) is 6.10 Å². The van der Waals surface area contributed by atoms with Crippen LogP contribution in [0.1, 0.15) is 90.4 Å². The zero-order valence-electron chi connectivity index (χ0n) is 14.8. The lowest BCUT2D eigenvalue weighted by molar-refractivity contribution is -0.118. The largest absolute Gasteiger partial charge is 0.390 e. The summed E-state index contributed by atoms with van der Waals surface area (Å²) in [6.45, 7) is 2.22. The molecule has 0 saturated heterocycles. The number of hydrogen-bond acceptors (Lipinski definition) is 4. The van der Waals surface area contributed by atoms with Crippen LogP contribution in [0.15, 0.2) is 0 Å². The van der Waals surface area contributed by atoms with Gasteiger partial charge in [0.25, 0.3) is 0 Å². The first-order chi connectivity index (χ1) is 11.0. The zero-order chi connectivity index (χ0) is 17.5. The first-order valence-electron chi connectivity index (χ1n) is 9.31. The molecule has 0 saturated carbocycles. The number of nitrogens with two attached hydrogens (primary N) is 1. The van der Waals surface area contributed by atoms with E-state index in [1.165, 1.54) is 38.5 Å². The molecule has 5 heteroatoms. The molecule has 0 aliphatic carbocycles. The number of hydrogen-bond donors (Lipinski definition) is 4. The van der Waals surface area contributed by atoms with E-state index in [-0.39, 0.29) is 12.8 Å². The van der Waals surface area contributed by atoms with Crippen molar-refractivity contribution in [3.8, 4) is 0 Å². The summed E-state index contributed by atoms with van der Waals surface area (Å²) in [4.78, 5) is 10.6. The number of primary amides is 1. The summed E-state index contributed by atoms with van der Waals surface area (Å²) in [5.74, 6) is -0.415. The van der Waals surface area contributed by atoms with E-state index in [2.05, 4.69) is 6.92 Å². The first kappa shape index (κ1) is 22.4. The molecule has 0 bridgehead atoms. The van der Waals surface area contributed by atoms with Crippen LogP contribution in [0.25, 0.3) is 0 Å². The summed E-state index contributed by atoms with van der Waals surface area (Å²) in [6.07, 6.45) is 9.19. The fourth-order valence-corrected chi connectivity index (χ4v) is 2.75. The fraction of sp³-hybridized carbons (Fsp3) is 0.944. The van der Waals surface area contributed by atoms with Crippen molar-refractivity contribution in [1.82, 2.24) is 0 Å². The second-order valence-corrected chi connectivity index (χ2v) is 6.60. The average molecular weight is 331 g/mol. The minimum absolute atomic E-state index is 0.193. The third kappa shape index (κ3) is 13.5. The van der Waals surface area contributed by atoms with Gasteiger partial charge in [-0.05, 0) is 19.3 Å². The zero-order valence-corrected chi connectivity index (χ0v) is 14.8. The molecule has 138 valence electrons. The predicted octanol–water partition coefficient (Wildman–Crippen LogP) is 2.65. The van der Waals surface area contributed by atoms with Crippen molar-refractivity contribution in [3.05, 3.63) is 0 Å². The van der Waals surface area contributed by atoms with Crippen LogP contribution < -0.4 is 5.73 Å². The van der Waals surface area contributed by atoms with E-state index in [0.29, 0.717) is 12.8 Å². The molecular weight excluding hydrogens is 294 g/mol. The minimum Gasteiger partial charge on any atom is -0.390 e. The number of carbonyl (C=O) groups is 1. The first-order valence-corrected chi connectivity index (χ1v) is 9.31. The van der Waals surface area contributed by atoms with Crippen molar-refractivity contribution in [2.45, 2.75) is 109 Å². The molecule has 5 N–H and O–H groups in total. The number of rotatable bonds is 16. The van der Waals surface area contributed by atoms with Crippen LogP contribution in [0.3, 0.4) is 0 Å². The summed E-state index contributed by atoms with van der Waals surface area (Å²) in [7, 11) is 0. The Balaban J connectivity index is 3.56. The van der Waals surface area contributed by atoms with E-state index in [1.807, 2.05) is 0 Å². The summed E-state index contributed by atoms with van der Waals surface area (Å²) < 4.78 is 0. The Bertz CT molecular complexity index is 286. The van der Waals surface area contributed by atoms with Crippen LogP contribution in [0, 0.1) is 0 Å². The minimum atomic E-state index is -1.14. The topological polar surface area (TPSA) is 104 Å². The van der Waals surface area contributed by atoms with Crippen molar-refractivity contribution in [3.63, 3.8) is 0 Å². The van der Waals surface area contributed by atoms with Gasteiger partial charge in [0.2, 0.25) is 5.91 Å². The second kappa shape index (κ2) is 14.9. The van der Waals surface area contributed by atoms with Gasteiger partial charge < -0.3 is 21.1 Å². The average Bonchev–Trinajstić information content (AvgIpc) is 2.51. The molecular formula is C18H37NO4. The van der Waals surface area contributed by atoms with Gasteiger partial charge in [0.15, 0.2) is 0 Å². The van der Waals surface area contributed by atoms with Gasteiger partial charge in [-0.15, -0.1) is 0 Å². The maximum absolute atomic E-state index is 10.6. The highest BCUT2D eigenvalue weighted by Crippen LogP contribution is 2.15. The normalized spacial score (nSPS) is 15.3. The highest BCUT2D eigenvalue weighted by molar-refractivity contribution is 5.73. The molecule has 23 heavy (non-hydrogen) atoms. The molecule has 0 aromatic rings. The van der Waals surface area contributed by atoms with Gasteiger partial charge in [0, 0.05) is 6.42 Å². The monoisotopic (exact) mass is 331 g/mol. The van der Waals surface area contributed by atoms with E-state index in [9.17, 15) is 20.1 Å². The molecule has 0 radical (unpaired) electrons. The summed E-state index contributed by atoms with van der Waals surface area (Å²) in [5, 5.41) is 29.5. The van der Waals surface area contributed by atoms with Crippen molar-refractivity contribution in [2.24, 2.45) is 5.73 Å². The highest BCUT2D eigenvalue weighted by atomic mass is 16.4. The molecule has 0 aromatic carbocycles. The molecule has 0 aliphatic heterocycles. The van der Waals surface area contributed by atoms with Gasteiger partial charge in [-0.2, -0.15) is 0 Å². The number of aliphatic hydroxyl groups excluding tert-OH is 3. The van der Waals surface area contributed by atoms with Crippen molar-refractivity contribution in [1.29, 1.82) is 0 Å². The van der Waals surface area contributed by atoms with E-state index in [1.54, 1.807) is 0 Å². The summed E-state index contributed by atoms with van der Waals surface area (Å²) in [5.41, 5.74) is 5.02. The Morgan fingerprint density at radius 3 is 1.70 bits per heavy atom. The van der Waals surface area contributed by atoms with E-state index >= 15 is 0 Å². The van der Waals surface area contributed by atoms with E-state index in [4.69, 9.17) is 5.73 Å². The quantitative estimate of drug-likeness (QED) is 0.326. The molecule has 0 spiro atoms. The van der Waals surface area contributed by atoms with Gasteiger partial charge in [-0.3, -0.25) is 4.79 Å². The lowest BCUT2D eigenvalue weighted by Gasteiger charge is -2.22. The van der Waals surface area contributed by atoms with Gasteiger partial charge in [-0.25, -0.2) is 0 Å². The van der Waals surface area contributed by atoms with Gasteiger partial charge >= 0.3 is 0 Å². The second-order valence-electron chi connectivity index (χ2n) is 6.60. The Kier molecular flexibility index (Phi) is 14.5. The van der Waals surface area contributed by atoms with Crippen LogP contribution in [0.4, 0.5) is 0 Å². The third-order valence-corrected chi connectivity index (χ3v) is 4.31. The van der Waals surface area contributed by atoms with Gasteiger partial charge in [-0.1, -0.05) is 64.7 Å². The Labute approximate surface area is 141 Å². The van der Waals surface area contributed by atoms with Crippen LogP contribution in [-0.2, 0) is 4.79 Å². The highest BCUT2D eigenvalue weighted by Gasteiger charge is 2.23. The smallest absolute Gasteiger partial charge is 0.217 e. The molecule has 0 unspecified atom stereocenters. The lowest BCUT2D eigenvalue weighted by atomic mass is 9.98. The van der Waals surface area contributed by atoms with Crippen molar-refractivity contribution < 1.29 is 20.1 Å². The molecule has 5 nitrogen and oxygen atoms in total. The SMILES string of the molecule is CCCCCCCCCCC[C@H](O)[C@H](O)[C@H](O)CCCC(N)=O. The molecule has 0 fully saturated rings. The molecule has 3 atom stereocenters. The standard InChI is InChI=1S/C18H37NO4/c1-2-3-4-5-6-7-8-9-10-12-15(20)18(23)16(21)13-11-14-17(19)22/h15-16,18,20-21,23H,2-14H2,1H3,(H2,19,22)/t15-,16+,18-/m0/s1. The van der Waals surface area contributed by atoms with Crippen molar-refractivity contribution >= 4 is 5.91 Å². The molecule has 0 heterocycles. The molecule has 0 rings (SSSR count). The van der Waals surface area contributed by atoms with Gasteiger partial charge in [0.05, 0.1) is 12.2 Å². The maximum atomic E-state index is 10.6. The number of carbonyl (C=O) groups excluding carboxylic acids is 1. The van der Waals surface area contributed by atoms with E-state index < -0.39 is 24.2 Å². The third-order valence-electron chi connectivity index (χ3n) is 4.31. The molecule has 0 aliphatic rings. The summed E-state index contributed by atoms with van der Waals surface area (Å²) >= 11 is 0. The Morgan fingerprint density at radius 1 is 0.783 bits per heavy atom. The van der Waals surface area contributed by atoms with Crippen LogP contribution in [-0.4, -0.2) is 39.5 Å². The fourth-order valence-electron chi connectivity index (χ4n) is 2.75. The Hall–Kier alpha value is -0.650. The molecule has 1 amide bonds. The number of unbranched alkanes of at least 4 members (excludes halogenated alkanes) is 8. The van der Waals surface area contributed by atoms with E-state index in [0.717, 1.165) is 19.3 Å². The van der Waals surface area contributed by atoms with Crippen LogP contribution in [0.5, 0.6) is 0 Å². The number of aliphatic hydroxyl groups is 3.